The Hall–Kier alpha value is -4.12. The van der Waals surface area contributed by atoms with E-state index in [2.05, 4.69) is 10.6 Å². The van der Waals surface area contributed by atoms with Gasteiger partial charge in [-0.1, -0.05) is 78.2 Å². The van der Waals surface area contributed by atoms with Crippen LogP contribution in [0.25, 0.3) is 33.4 Å². The normalized spacial score (nSPS) is 20.5. The Kier molecular flexibility index (Phi) is 9.42. The number of morpholine rings is 1. The first-order chi connectivity index (χ1) is 24.4. The zero-order valence-electron chi connectivity index (χ0n) is 27.6. The Morgan fingerprint density at radius 1 is 0.660 bits per heavy atom. The summed E-state index contributed by atoms with van der Waals surface area (Å²) in [6.07, 6.45) is 3.39. The molecule has 0 saturated carbocycles. The van der Waals surface area contributed by atoms with Gasteiger partial charge in [0.2, 0.25) is 0 Å². The minimum atomic E-state index is -0.0831. The maximum absolute atomic E-state index is 12.9. The van der Waals surface area contributed by atoms with Crippen molar-refractivity contribution in [1.82, 2.24) is 10.6 Å². The Morgan fingerprint density at radius 3 is 1.72 bits per heavy atom. The molecule has 2 N–H and O–H groups in total. The molecule has 2 atom stereocenters. The Balaban J connectivity index is 1.08. The van der Waals surface area contributed by atoms with Gasteiger partial charge in [-0.15, -0.1) is 0 Å². The second-order valence-electron chi connectivity index (χ2n) is 13.2. The molecule has 0 bridgehead atoms. The number of hydrogen-bond donors (Lipinski definition) is 2. The maximum atomic E-state index is 12.9. The number of nitrogens with one attached hydrogen (secondary N) is 2. The van der Waals surface area contributed by atoms with Gasteiger partial charge in [0.15, 0.2) is 13.2 Å². The summed E-state index contributed by atoms with van der Waals surface area (Å²) in [4.78, 5) is 29.4. The molecule has 0 unspecified atom stereocenters. The predicted molar refractivity (Wildman–Crippen MR) is 197 cm³/mol. The van der Waals surface area contributed by atoms with Crippen molar-refractivity contribution in [2.75, 3.05) is 62.4 Å². The average molecular weight is 714 g/mol. The summed E-state index contributed by atoms with van der Waals surface area (Å²) in [5.41, 5.74) is 6.50. The first kappa shape index (κ1) is 33.0. The highest BCUT2D eigenvalue weighted by Gasteiger charge is 2.31. The lowest BCUT2D eigenvalue weighted by molar-refractivity contribution is -0.122. The summed E-state index contributed by atoms with van der Waals surface area (Å²) in [5, 5.41) is 8.08. The minimum Gasteiger partial charge on any atom is -0.482 e. The smallest absolute Gasteiger partial charge is 0.265 e. The summed E-state index contributed by atoms with van der Waals surface area (Å²) in [7, 11) is 0. The van der Waals surface area contributed by atoms with Crippen LogP contribution in [0.3, 0.4) is 0 Å². The molecule has 0 aromatic heterocycles. The molecule has 4 heterocycles. The van der Waals surface area contributed by atoms with Crippen molar-refractivity contribution in [3.05, 3.63) is 82.8 Å². The van der Waals surface area contributed by atoms with Crippen molar-refractivity contribution in [3.63, 3.8) is 0 Å². The van der Waals surface area contributed by atoms with Crippen molar-refractivity contribution in [1.29, 1.82) is 0 Å². The van der Waals surface area contributed by atoms with Gasteiger partial charge < -0.3 is 34.6 Å². The second-order valence-corrected chi connectivity index (χ2v) is 13.9. The number of piperidine rings is 1. The van der Waals surface area contributed by atoms with Crippen molar-refractivity contribution < 1.29 is 23.8 Å². The molecule has 4 aromatic rings. The van der Waals surface area contributed by atoms with E-state index in [-0.39, 0.29) is 37.1 Å². The second kappa shape index (κ2) is 14.2. The highest BCUT2D eigenvalue weighted by molar-refractivity contribution is 6.39. The SMILES string of the molecule is O=C1COc2cc(-c3cccc(-c4cccc(-c5ccc6c(c5)OCC(=O)N6C[C@@H]5COCCN5)c4Cl)c3Cl)ccc2N1C[C@@H]1CCCCN1. The van der Waals surface area contributed by atoms with Gasteiger partial charge in [0.1, 0.15) is 11.5 Å². The third-order valence-electron chi connectivity index (χ3n) is 9.93. The van der Waals surface area contributed by atoms with Crippen LogP contribution >= 0.6 is 23.2 Å². The molecule has 2 saturated heterocycles. The largest absolute Gasteiger partial charge is 0.482 e. The van der Waals surface area contributed by atoms with Crippen LogP contribution in [0.5, 0.6) is 11.5 Å². The average Bonchev–Trinajstić information content (AvgIpc) is 3.15. The minimum absolute atomic E-state index is 0.00804. The lowest BCUT2D eigenvalue weighted by Crippen LogP contribution is -2.51. The Morgan fingerprint density at radius 2 is 1.20 bits per heavy atom. The summed E-state index contributed by atoms with van der Waals surface area (Å²) < 4.78 is 17.4. The number of ether oxygens (including phenoxy) is 3. The first-order valence-electron chi connectivity index (χ1n) is 17.2. The van der Waals surface area contributed by atoms with Gasteiger partial charge in [-0.25, -0.2) is 0 Å². The van der Waals surface area contributed by atoms with Gasteiger partial charge in [0.05, 0.1) is 34.6 Å². The number of halogens is 2. The molecule has 2 amide bonds. The molecule has 0 aliphatic carbocycles. The monoisotopic (exact) mass is 712 g/mol. The van der Waals surface area contributed by atoms with E-state index < -0.39 is 0 Å². The molecule has 9 nitrogen and oxygen atoms in total. The highest BCUT2D eigenvalue weighted by Crippen LogP contribution is 2.45. The van der Waals surface area contributed by atoms with E-state index in [9.17, 15) is 9.59 Å². The number of carbonyl (C=O) groups is 2. The van der Waals surface area contributed by atoms with Crippen molar-refractivity contribution in [2.45, 2.75) is 31.3 Å². The molecule has 4 aromatic carbocycles. The van der Waals surface area contributed by atoms with Crippen LogP contribution in [0.1, 0.15) is 19.3 Å². The van der Waals surface area contributed by atoms with E-state index in [0.717, 1.165) is 64.3 Å². The van der Waals surface area contributed by atoms with E-state index in [4.69, 9.17) is 37.4 Å². The number of rotatable bonds is 7. The summed E-state index contributed by atoms with van der Waals surface area (Å²) >= 11 is 14.3. The van der Waals surface area contributed by atoms with E-state index in [1.54, 1.807) is 4.90 Å². The van der Waals surface area contributed by atoms with Crippen molar-refractivity contribution in [3.8, 4) is 44.9 Å². The van der Waals surface area contributed by atoms with Gasteiger partial charge in [-0.2, -0.15) is 0 Å². The van der Waals surface area contributed by atoms with Crippen LogP contribution in [0.4, 0.5) is 11.4 Å². The van der Waals surface area contributed by atoms with Crippen molar-refractivity contribution >= 4 is 46.4 Å². The third kappa shape index (κ3) is 6.45. The number of nitrogens with zero attached hydrogens (tertiary/aromatic N) is 2. The molecule has 258 valence electrons. The number of amides is 2. The zero-order valence-corrected chi connectivity index (χ0v) is 29.1. The quantitative estimate of drug-likeness (QED) is 0.224. The predicted octanol–water partition coefficient (Wildman–Crippen LogP) is 6.58. The summed E-state index contributed by atoms with van der Waals surface area (Å²) in [6.45, 7) is 4.08. The van der Waals surface area contributed by atoms with Crippen LogP contribution in [-0.2, 0) is 14.3 Å². The molecule has 4 aliphatic heterocycles. The number of fused-ring (bicyclic) bond motifs is 2. The zero-order chi connectivity index (χ0) is 34.2. The van der Waals surface area contributed by atoms with Gasteiger partial charge in [-0.05, 0) is 54.8 Å². The van der Waals surface area contributed by atoms with E-state index >= 15 is 0 Å². The van der Waals surface area contributed by atoms with Crippen LogP contribution in [-0.4, -0.2) is 76.5 Å². The van der Waals surface area contributed by atoms with Crippen LogP contribution in [0, 0.1) is 0 Å². The maximum Gasteiger partial charge on any atom is 0.265 e. The Bertz CT molecular complexity index is 1800. The number of anilines is 2. The Labute approximate surface area is 301 Å². The van der Waals surface area contributed by atoms with Crippen molar-refractivity contribution in [2.24, 2.45) is 0 Å². The fraction of sp³-hybridized carbons (Fsp3) is 0.333. The van der Waals surface area contributed by atoms with E-state index in [1.165, 1.54) is 12.8 Å². The molecule has 8 rings (SSSR count). The highest BCUT2D eigenvalue weighted by atomic mass is 35.5. The molecule has 2 fully saturated rings. The van der Waals surface area contributed by atoms with Gasteiger partial charge in [0, 0.05) is 54.0 Å². The standard InChI is InChI=1S/C39H38Cl2N4O5/c40-38-28(24-10-12-32-34(17-24)49-22-36(46)44(32)19-26-5-1-2-14-42-26)6-3-8-30(38)31-9-4-7-29(39(31)41)25-11-13-33-35(18-25)50-23-37(47)45(33)20-27-21-48-16-15-43-27/h3-4,6-13,17-18,26-27,42-43H,1-2,5,14-16,19-23H2/t26-,27+/m0/s1. The molecular formula is C39H38Cl2N4O5. The fourth-order valence-electron chi connectivity index (χ4n) is 7.33. The topological polar surface area (TPSA) is 92.4 Å². The molecule has 11 heteroatoms. The fourth-order valence-corrected chi connectivity index (χ4v) is 8.00. The summed E-state index contributed by atoms with van der Waals surface area (Å²) in [5.74, 6) is 1.18. The number of benzene rings is 4. The third-order valence-corrected chi connectivity index (χ3v) is 10.7. The van der Waals surface area contributed by atoms with Crippen LogP contribution < -0.4 is 29.9 Å². The van der Waals surface area contributed by atoms with E-state index in [1.807, 2.05) is 77.7 Å². The molecule has 4 aliphatic rings. The molecule has 0 radical (unpaired) electrons. The molecule has 0 spiro atoms. The molecular weight excluding hydrogens is 675 g/mol. The number of carbonyl (C=O) groups excluding carboxylic acids is 2. The first-order valence-corrected chi connectivity index (χ1v) is 18.0. The van der Waals surface area contributed by atoms with Gasteiger partial charge in [0.25, 0.3) is 11.8 Å². The lowest BCUT2D eigenvalue weighted by atomic mass is 9.95. The van der Waals surface area contributed by atoms with Crippen LogP contribution in [0.15, 0.2) is 72.8 Å². The van der Waals surface area contributed by atoms with E-state index in [0.29, 0.717) is 47.8 Å². The van der Waals surface area contributed by atoms with Gasteiger partial charge in [-0.3, -0.25) is 9.59 Å². The van der Waals surface area contributed by atoms with Crippen LogP contribution in [0.2, 0.25) is 10.0 Å². The number of hydrogen-bond acceptors (Lipinski definition) is 7. The lowest BCUT2D eigenvalue weighted by Gasteiger charge is -2.34. The molecule has 50 heavy (non-hydrogen) atoms. The summed E-state index contributed by atoms with van der Waals surface area (Å²) in [6, 6.07) is 23.9. The van der Waals surface area contributed by atoms with Gasteiger partial charge >= 0.3 is 0 Å².